The highest BCUT2D eigenvalue weighted by Crippen LogP contribution is 2.19. The number of amides is 2. The zero-order valence-corrected chi connectivity index (χ0v) is 18.3. The molecule has 0 atom stereocenters. The largest absolute Gasteiger partial charge is 0.356 e. The number of aryl methyl sites for hydroxylation is 2. The number of para-hydroxylation sites is 1. The molecular weight excluding hydrogens is 404 g/mol. The van der Waals surface area contributed by atoms with Crippen molar-refractivity contribution in [2.45, 2.75) is 45.7 Å². The first-order valence-corrected chi connectivity index (χ1v) is 11.1. The first kappa shape index (κ1) is 21.7. The van der Waals surface area contributed by atoms with Crippen LogP contribution < -0.4 is 10.9 Å². The summed E-state index contributed by atoms with van der Waals surface area (Å²) in [6, 6.07) is 13.7. The first-order valence-electron chi connectivity index (χ1n) is 11.1. The molecule has 7 heteroatoms. The summed E-state index contributed by atoms with van der Waals surface area (Å²) in [4.78, 5) is 43.5. The van der Waals surface area contributed by atoms with Crippen molar-refractivity contribution in [1.82, 2.24) is 19.8 Å². The van der Waals surface area contributed by atoms with E-state index in [1.807, 2.05) is 36.1 Å². The quantitative estimate of drug-likeness (QED) is 0.582. The van der Waals surface area contributed by atoms with Gasteiger partial charge in [-0.25, -0.2) is 4.98 Å². The molecule has 0 unspecified atom stereocenters. The van der Waals surface area contributed by atoms with Gasteiger partial charge < -0.3 is 10.2 Å². The maximum atomic E-state index is 12.6. The molecule has 0 radical (unpaired) electrons. The molecule has 2 aromatic carbocycles. The van der Waals surface area contributed by atoms with E-state index in [1.165, 1.54) is 22.0 Å². The molecule has 0 spiro atoms. The molecule has 1 aliphatic rings. The maximum Gasteiger partial charge on any atom is 0.261 e. The monoisotopic (exact) mass is 432 g/mol. The number of aromatic nitrogens is 2. The minimum absolute atomic E-state index is 0.123. The Morgan fingerprint density at radius 1 is 1.06 bits per heavy atom. The van der Waals surface area contributed by atoms with Crippen LogP contribution in [0, 0.1) is 6.92 Å². The van der Waals surface area contributed by atoms with Crippen LogP contribution in [0.2, 0.25) is 0 Å². The normalized spacial score (nSPS) is 13.1. The van der Waals surface area contributed by atoms with Gasteiger partial charge in [-0.05, 0) is 42.5 Å². The number of benzene rings is 2. The van der Waals surface area contributed by atoms with E-state index in [1.54, 1.807) is 6.07 Å². The second-order valence-corrected chi connectivity index (χ2v) is 8.25. The van der Waals surface area contributed by atoms with Crippen LogP contribution >= 0.6 is 0 Å². The number of hydrogen-bond donors (Lipinski definition) is 1. The summed E-state index contributed by atoms with van der Waals surface area (Å²) in [7, 11) is 0. The minimum Gasteiger partial charge on any atom is -0.356 e. The van der Waals surface area contributed by atoms with E-state index in [2.05, 4.69) is 22.4 Å². The fourth-order valence-electron chi connectivity index (χ4n) is 4.14. The molecule has 2 amide bonds. The van der Waals surface area contributed by atoms with Crippen LogP contribution in [-0.4, -0.2) is 39.4 Å². The van der Waals surface area contributed by atoms with Gasteiger partial charge in [0.25, 0.3) is 5.56 Å². The van der Waals surface area contributed by atoms with Gasteiger partial charge in [0.15, 0.2) is 0 Å². The molecule has 7 nitrogen and oxygen atoms in total. The molecule has 32 heavy (non-hydrogen) atoms. The lowest BCUT2D eigenvalue weighted by atomic mass is 9.99. The third-order valence-electron chi connectivity index (χ3n) is 6.01. The zero-order valence-electron chi connectivity index (χ0n) is 18.3. The number of rotatable bonds is 7. The van der Waals surface area contributed by atoms with Gasteiger partial charge in [-0.2, -0.15) is 0 Å². The van der Waals surface area contributed by atoms with Crippen molar-refractivity contribution >= 4 is 22.7 Å². The van der Waals surface area contributed by atoms with Crippen molar-refractivity contribution in [2.75, 3.05) is 13.1 Å². The zero-order chi connectivity index (χ0) is 22.5. The molecule has 0 saturated heterocycles. The van der Waals surface area contributed by atoms with Crippen LogP contribution in [0.15, 0.2) is 53.6 Å². The van der Waals surface area contributed by atoms with Gasteiger partial charge in [0.1, 0.15) is 0 Å². The van der Waals surface area contributed by atoms with Crippen molar-refractivity contribution in [2.24, 2.45) is 0 Å². The van der Waals surface area contributed by atoms with Crippen molar-refractivity contribution in [3.05, 3.63) is 75.8 Å². The molecule has 1 aromatic heterocycles. The van der Waals surface area contributed by atoms with Crippen LogP contribution in [0.1, 0.15) is 36.0 Å². The summed E-state index contributed by atoms with van der Waals surface area (Å²) in [6.07, 6.45) is 3.59. The van der Waals surface area contributed by atoms with Gasteiger partial charge in [-0.3, -0.25) is 19.0 Å². The lowest BCUT2D eigenvalue weighted by Gasteiger charge is -2.29. The van der Waals surface area contributed by atoms with Gasteiger partial charge in [-0.1, -0.05) is 36.4 Å². The highest BCUT2D eigenvalue weighted by Gasteiger charge is 2.19. The van der Waals surface area contributed by atoms with E-state index in [4.69, 9.17) is 0 Å². The van der Waals surface area contributed by atoms with Gasteiger partial charge in [0, 0.05) is 39.0 Å². The Bertz CT molecular complexity index is 1200. The Morgan fingerprint density at radius 3 is 2.72 bits per heavy atom. The van der Waals surface area contributed by atoms with Crippen LogP contribution in [0.3, 0.4) is 0 Å². The summed E-state index contributed by atoms with van der Waals surface area (Å²) in [5.41, 5.74) is 4.04. The van der Waals surface area contributed by atoms with Crippen LogP contribution in [0.5, 0.6) is 0 Å². The summed E-state index contributed by atoms with van der Waals surface area (Å²) in [5, 5.41) is 3.41. The molecule has 166 valence electrons. The van der Waals surface area contributed by atoms with Crippen LogP contribution in [0.25, 0.3) is 10.9 Å². The fraction of sp³-hybridized carbons (Fsp3) is 0.360. The van der Waals surface area contributed by atoms with E-state index in [-0.39, 0.29) is 30.3 Å². The number of fused-ring (bicyclic) bond motifs is 2. The summed E-state index contributed by atoms with van der Waals surface area (Å²) >= 11 is 0. The molecular formula is C25H28N4O3. The predicted molar refractivity (Wildman–Crippen MR) is 123 cm³/mol. The average Bonchev–Trinajstić information content (AvgIpc) is 2.81. The van der Waals surface area contributed by atoms with E-state index in [9.17, 15) is 14.4 Å². The fourth-order valence-corrected chi connectivity index (χ4v) is 4.14. The molecule has 3 aromatic rings. The predicted octanol–water partition coefficient (Wildman–Crippen LogP) is 2.58. The molecule has 0 aliphatic carbocycles. The van der Waals surface area contributed by atoms with Gasteiger partial charge in [-0.15, -0.1) is 0 Å². The smallest absolute Gasteiger partial charge is 0.261 e. The minimum atomic E-state index is -0.139. The van der Waals surface area contributed by atoms with Crippen molar-refractivity contribution in [1.29, 1.82) is 0 Å². The lowest BCUT2D eigenvalue weighted by Crippen LogP contribution is -2.36. The van der Waals surface area contributed by atoms with Crippen molar-refractivity contribution < 1.29 is 9.59 Å². The summed E-state index contributed by atoms with van der Waals surface area (Å²) < 4.78 is 1.47. The van der Waals surface area contributed by atoms with Gasteiger partial charge in [0.2, 0.25) is 11.8 Å². The maximum absolute atomic E-state index is 12.6. The number of nitrogens with zero attached hydrogens (tertiary/aromatic N) is 3. The SMILES string of the molecule is Cc1cccc2c(=O)n(CCC(=O)NCCCC(=O)N3CCc4ccccc4C3)cnc12. The Balaban J connectivity index is 1.20. The van der Waals surface area contributed by atoms with E-state index in [0.717, 1.165) is 18.5 Å². The van der Waals surface area contributed by atoms with Crippen LogP contribution in [0.4, 0.5) is 0 Å². The van der Waals surface area contributed by atoms with E-state index < -0.39 is 0 Å². The summed E-state index contributed by atoms with van der Waals surface area (Å²) in [5.74, 6) is -0.0153. The molecule has 4 rings (SSSR count). The molecule has 0 saturated carbocycles. The number of carbonyl (C=O) groups is 2. The number of carbonyl (C=O) groups excluding carboxylic acids is 2. The Hall–Kier alpha value is -3.48. The standard InChI is InChI=1S/C25H28N4O3/c1-18-6-4-9-21-24(18)27-17-29(25(21)32)15-12-22(30)26-13-5-10-23(31)28-14-11-19-7-2-3-8-20(19)16-28/h2-4,6-9,17H,5,10-16H2,1H3,(H,26,30). The molecule has 2 heterocycles. The second kappa shape index (κ2) is 9.77. The molecule has 1 aliphatic heterocycles. The van der Waals surface area contributed by atoms with Crippen LogP contribution in [-0.2, 0) is 29.1 Å². The molecule has 0 bridgehead atoms. The van der Waals surface area contributed by atoms with E-state index >= 15 is 0 Å². The Labute approximate surface area is 187 Å². The first-order chi connectivity index (χ1) is 15.5. The van der Waals surface area contributed by atoms with Gasteiger partial charge >= 0.3 is 0 Å². The molecule has 0 fully saturated rings. The lowest BCUT2D eigenvalue weighted by molar-refractivity contribution is -0.132. The third-order valence-corrected chi connectivity index (χ3v) is 6.01. The summed E-state index contributed by atoms with van der Waals surface area (Å²) in [6.45, 7) is 4.04. The highest BCUT2D eigenvalue weighted by atomic mass is 16.2. The topological polar surface area (TPSA) is 84.3 Å². The van der Waals surface area contributed by atoms with Crippen molar-refractivity contribution in [3.8, 4) is 0 Å². The van der Waals surface area contributed by atoms with E-state index in [0.29, 0.717) is 36.8 Å². The van der Waals surface area contributed by atoms with Gasteiger partial charge in [0.05, 0.1) is 17.2 Å². The average molecular weight is 433 g/mol. The highest BCUT2D eigenvalue weighted by molar-refractivity contribution is 5.80. The Kier molecular flexibility index (Phi) is 6.63. The molecule has 1 N–H and O–H groups in total. The third kappa shape index (κ3) is 4.88. The second-order valence-electron chi connectivity index (χ2n) is 8.25. The van der Waals surface area contributed by atoms with Crippen molar-refractivity contribution in [3.63, 3.8) is 0 Å². The Morgan fingerprint density at radius 2 is 1.88 bits per heavy atom. The number of hydrogen-bond acceptors (Lipinski definition) is 4. The number of nitrogens with one attached hydrogen (secondary N) is 1.